The van der Waals surface area contributed by atoms with Gasteiger partial charge in [-0.15, -0.1) is 0 Å². The van der Waals surface area contributed by atoms with E-state index < -0.39 is 0 Å². The van der Waals surface area contributed by atoms with Gasteiger partial charge in [0.05, 0.1) is 0 Å². The number of hydrogen-bond donors (Lipinski definition) is 1. The Kier molecular flexibility index (Phi) is 6.15. The SMILES string of the molecule is CCCC1CCCCN1CC1(CNC)CCCCC1. The quantitative estimate of drug-likeness (QED) is 0.786. The predicted molar refractivity (Wildman–Crippen MR) is 83.6 cm³/mol. The van der Waals surface area contributed by atoms with Gasteiger partial charge in [0.15, 0.2) is 0 Å². The molecule has 2 heteroatoms. The predicted octanol–water partition coefficient (Wildman–Crippen LogP) is 3.81. The number of rotatable bonds is 6. The summed E-state index contributed by atoms with van der Waals surface area (Å²) in [6.45, 7) is 6.29. The molecule has 0 amide bonds. The molecule has 1 saturated heterocycles. The standard InChI is InChI=1S/C17H34N2/c1-3-9-16-10-5-8-13-19(16)15-17(14-18-2)11-6-4-7-12-17/h16,18H,3-15H2,1-2H3. The minimum absolute atomic E-state index is 0.580. The van der Waals surface area contributed by atoms with Crippen molar-refractivity contribution >= 4 is 0 Å². The Morgan fingerprint density at radius 1 is 1.11 bits per heavy atom. The first-order chi connectivity index (χ1) is 9.29. The van der Waals surface area contributed by atoms with Gasteiger partial charge < -0.3 is 5.32 Å². The molecule has 1 saturated carbocycles. The largest absolute Gasteiger partial charge is 0.319 e. The molecule has 1 atom stereocenters. The van der Waals surface area contributed by atoms with E-state index in [4.69, 9.17) is 0 Å². The third kappa shape index (κ3) is 4.19. The highest BCUT2D eigenvalue weighted by atomic mass is 15.2. The van der Waals surface area contributed by atoms with Gasteiger partial charge in [0, 0.05) is 19.1 Å². The van der Waals surface area contributed by atoms with E-state index in [0.717, 1.165) is 6.04 Å². The second kappa shape index (κ2) is 7.64. The second-order valence-corrected chi connectivity index (χ2v) is 7.00. The summed E-state index contributed by atoms with van der Waals surface area (Å²) in [5.41, 5.74) is 0.580. The van der Waals surface area contributed by atoms with Gasteiger partial charge in [-0.3, -0.25) is 4.90 Å². The lowest BCUT2D eigenvalue weighted by Gasteiger charge is -2.45. The van der Waals surface area contributed by atoms with Gasteiger partial charge in [-0.05, 0) is 51.1 Å². The fraction of sp³-hybridized carbons (Fsp3) is 1.00. The molecule has 112 valence electrons. The third-order valence-electron chi connectivity index (χ3n) is 5.38. The van der Waals surface area contributed by atoms with Crippen molar-refractivity contribution in [1.29, 1.82) is 0 Å². The molecular weight excluding hydrogens is 232 g/mol. The van der Waals surface area contributed by atoms with Crippen LogP contribution in [0, 0.1) is 5.41 Å². The van der Waals surface area contributed by atoms with Gasteiger partial charge in [-0.25, -0.2) is 0 Å². The van der Waals surface area contributed by atoms with Gasteiger partial charge in [-0.2, -0.15) is 0 Å². The molecule has 2 fully saturated rings. The molecule has 0 aromatic rings. The van der Waals surface area contributed by atoms with Crippen LogP contribution in [0.15, 0.2) is 0 Å². The molecule has 1 unspecified atom stereocenters. The highest BCUT2D eigenvalue weighted by Gasteiger charge is 2.35. The van der Waals surface area contributed by atoms with Crippen LogP contribution >= 0.6 is 0 Å². The Balaban J connectivity index is 1.97. The van der Waals surface area contributed by atoms with E-state index in [1.54, 1.807) is 0 Å². The summed E-state index contributed by atoms with van der Waals surface area (Å²) < 4.78 is 0. The van der Waals surface area contributed by atoms with Crippen LogP contribution < -0.4 is 5.32 Å². The van der Waals surface area contributed by atoms with Crippen molar-refractivity contribution in [1.82, 2.24) is 10.2 Å². The summed E-state index contributed by atoms with van der Waals surface area (Å²) in [5.74, 6) is 0. The Labute approximate surface area is 120 Å². The molecule has 0 aromatic carbocycles. The maximum Gasteiger partial charge on any atom is 0.00954 e. The second-order valence-electron chi connectivity index (χ2n) is 7.00. The van der Waals surface area contributed by atoms with Crippen LogP contribution in [0.5, 0.6) is 0 Å². The van der Waals surface area contributed by atoms with Crippen LogP contribution in [0.4, 0.5) is 0 Å². The van der Waals surface area contributed by atoms with Gasteiger partial charge in [0.2, 0.25) is 0 Å². The summed E-state index contributed by atoms with van der Waals surface area (Å²) in [6.07, 6.45) is 14.4. The van der Waals surface area contributed by atoms with Crippen molar-refractivity contribution in [2.75, 3.05) is 26.7 Å². The molecular formula is C17H34N2. The first kappa shape index (κ1) is 15.3. The summed E-state index contributed by atoms with van der Waals surface area (Å²) in [5, 5.41) is 3.49. The van der Waals surface area contributed by atoms with Crippen LogP contribution in [0.1, 0.15) is 71.1 Å². The van der Waals surface area contributed by atoms with Crippen LogP contribution in [0.2, 0.25) is 0 Å². The first-order valence-corrected chi connectivity index (χ1v) is 8.68. The maximum atomic E-state index is 3.49. The van der Waals surface area contributed by atoms with Crippen LogP contribution in [-0.2, 0) is 0 Å². The molecule has 2 aliphatic rings. The molecule has 2 rings (SSSR count). The van der Waals surface area contributed by atoms with Crippen molar-refractivity contribution < 1.29 is 0 Å². The van der Waals surface area contributed by atoms with E-state index in [1.807, 2.05) is 0 Å². The van der Waals surface area contributed by atoms with Crippen molar-refractivity contribution in [2.45, 2.75) is 77.2 Å². The molecule has 1 aliphatic carbocycles. The van der Waals surface area contributed by atoms with E-state index in [2.05, 4.69) is 24.2 Å². The van der Waals surface area contributed by atoms with Crippen molar-refractivity contribution in [2.24, 2.45) is 5.41 Å². The molecule has 2 nitrogen and oxygen atoms in total. The fourth-order valence-electron chi connectivity index (χ4n) is 4.43. The van der Waals surface area contributed by atoms with E-state index in [-0.39, 0.29) is 0 Å². The molecule has 19 heavy (non-hydrogen) atoms. The highest BCUT2D eigenvalue weighted by molar-refractivity contribution is 4.90. The molecule has 1 N–H and O–H groups in total. The Morgan fingerprint density at radius 2 is 1.89 bits per heavy atom. The zero-order valence-electron chi connectivity index (χ0n) is 13.2. The number of nitrogens with one attached hydrogen (secondary N) is 1. The lowest BCUT2D eigenvalue weighted by Crippen LogP contribution is -2.49. The van der Waals surface area contributed by atoms with Crippen molar-refractivity contribution in [3.8, 4) is 0 Å². The van der Waals surface area contributed by atoms with Crippen molar-refractivity contribution in [3.63, 3.8) is 0 Å². The lowest BCUT2D eigenvalue weighted by atomic mass is 9.73. The topological polar surface area (TPSA) is 15.3 Å². The zero-order valence-corrected chi connectivity index (χ0v) is 13.2. The van der Waals surface area contributed by atoms with Gasteiger partial charge in [0.1, 0.15) is 0 Å². The van der Waals surface area contributed by atoms with Gasteiger partial charge >= 0.3 is 0 Å². The number of piperidine rings is 1. The van der Waals surface area contributed by atoms with E-state index >= 15 is 0 Å². The Hall–Kier alpha value is -0.0800. The number of hydrogen-bond acceptors (Lipinski definition) is 2. The van der Waals surface area contributed by atoms with E-state index in [1.165, 1.54) is 83.8 Å². The molecule has 0 bridgehead atoms. The summed E-state index contributed by atoms with van der Waals surface area (Å²) >= 11 is 0. The molecule has 0 radical (unpaired) electrons. The Bertz CT molecular complexity index is 238. The molecule has 1 heterocycles. The smallest absolute Gasteiger partial charge is 0.00954 e. The first-order valence-electron chi connectivity index (χ1n) is 8.68. The van der Waals surface area contributed by atoms with E-state index in [0.29, 0.717) is 5.41 Å². The molecule has 0 spiro atoms. The summed E-state index contributed by atoms with van der Waals surface area (Å²) in [6, 6.07) is 0.884. The third-order valence-corrected chi connectivity index (χ3v) is 5.38. The minimum atomic E-state index is 0.580. The monoisotopic (exact) mass is 266 g/mol. The fourth-order valence-corrected chi connectivity index (χ4v) is 4.43. The minimum Gasteiger partial charge on any atom is -0.319 e. The average molecular weight is 266 g/mol. The summed E-state index contributed by atoms with van der Waals surface area (Å²) in [4.78, 5) is 2.86. The normalized spacial score (nSPS) is 28.4. The zero-order chi connectivity index (χ0) is 13.6. The van der Waals surface area contributed by atoms with Crippen molar-refractivity contribution in [3.05, 3.63) is 0 Å². The number of likely N-dealkylation sites (tertiary alicyclic amines) is 1. The molecule has 0 aromatic heterocycles. The maximum absolute atomic E-state index is 3.49. The van der Waals surface area contributed by atoms with E-state index in [9.17, 15) is 0 Å². The lowest BCUT2D eigenvalue weighted by molar-refractivity contribution is 0.0525. The van der Waals surface area contributed by atoms with Crippen LogP contribution in [0.25, 0.3) is 0 Å². The van der Waals surface area contributed by atoms with Crippen LogP contribution in [-0.4, -0.2) is 37.6 Å². The van der Waals surface area contributed by atoms with Gasteiger partial charge in [-0.1, -0.05) is 39.0 Å². The Morgan fingerprint density at radius 3 is 2.58 bits per heavy atom. The number of nitrogens with zero attached hydrogens (tertiary/aromatic N) is 1. The highest BCUT2D eigenvalue weighted by Crippen LogP contribution is 2.38. The average Bonchev–Trinajstić information content (AvgIpc) is 2.43. The van der Waals surface area contributed by atoms with Gasteiger partial charge in [0.25, 0.3) is 0 Å². The molecule has 1 aliphatic heterocycles. The summed E-state index contributed by atoms with van der Waals surface area (Å²) in [7, 11) is 2.14. The van der Waals surface area contributed by atoms with Crippen LogP contribution in [0.3, 0.4) is 0 Å².